The first-order valence-electron chi connectivity index (χ1n) is 7.69. The van der Waals surface area contributed by atoms with Crippen LogP contribution in [-0.2, 0) is 4.84 Å². The second kappa shape index (κ2) is 14.0. The Bertz CT molecular complexity index is 139. The Balaban J connectivity index is 3.53. The molecule has 1 unspecified atom stereocenters. The Morgan fingerprint density at radius 2 is 1.53 bits per heavy atom. The summed E-state index contributed by atoms with van der Waals surface area (Å²) in [7, 11) is 0. The number of rotatable bonds is 13. The Morgan fingerprint density at radius 3 is 2.18 bits per heavy atom. The lowest BCUT2D eigenvalue weighted by atomic mass is 9.93. The van der Waals surface area contributed by atoms with Gasteiger partial charge in [0.2, 0.25) is 0 Å². The zero-order valence-electron chi connectivity index (χ0n) is 12.3. The van der Waals surface area contributed by atoms with Crippen molar-refractivity contribution < 1.29 is 4.84 Å². The van der Waals surface area contributed by atoms with Crippen molar-refractivity contribution in [3.63, 3.8) is 0 Å². The molecule has 0 aliphatic heterocycles. The van der Waals surface area contributed by atoms with Crippen LogP contribution in [0.5, 0.6) is 0 Å². The number of hydrogen-bond acceptors (Lipinski definition) is 2. The van der Waals surface area contributed by atoms with Crippen molar-refractivity contribution in [1.82, 2.24) is 5.48 Å². The quantitative estimate of drug-likeness (QED) is 0.374. The predicted molar refractivity (Wildman–Crippen MR) is 76.0 cm³/mol. The van der Waals surface area contributed by atoms with Gasteiger partial charge in [-0.15, -0.1) is 0 Å². The maximum atomic E-state index is 5.44. The van der Waals surface area contributed by atoms with E-state index in [1.807, 2.05) is 0 Å². The molecule has 1 atom stereocenters. The average molecular weight is 243 g/mol. The molecule has 0 heterocycles. The molecule has 2 nitrogen and oxygen atoms in total. The average Bonchev–Trinajstić information content (AvgIpc) is 2.35. The van der Waals surface area contributed by atoms with Crippen LogP contribution in [0.2, 0.25) is 0 Å². The molecule has 2 heteroatoms. The molecule has 0 fully saturated rings. The lowest BCUT2D eigenvalue weighted by Gasteiger charge is -2.16. The summed E-state index contributed by atoms with van der Waals surface area (Å²) >= 11 is 0. The molecule has 17 heavy (non-hydrogen) atoms. The molecule has 0 saturated carbocycles. The fraction of sp³-hybridized carbons (Fsp3) is 1.00. The first-order chi connectivity index (χ1) is 8.35. The van der Waals surface area contributed by atoms with E-state index < -0.39 is 0 Å². The van der Waals surface area contributed by atoms with E-state index in [-0.39, 0.29) is 0 Å². The van der Waals surface area contributed by atoms with Gasteiger partial charge in [-0.3, -0.25) is 0 Å². The van der Waals surface area contributed by atoms with Gasteiger partial charge in [0.25, 0.3) is 0 Å². The topological polar surface area (TPSA) is 21.3 Å². The minimum atomic E-state index is 0.876. The summed E-state index contributed by atoms with van der Waals surface area (Å²) in [4.78, 5) is 5.44. The van der Waals surface area contributed by atoms with Gasteiger partial charge in [0.05, 0.1) is 6.61 Å². The van der Waals surface area contributed by atoms with Gasteiger partial charge in [-0.2, -0.15) is 0 Å². The molecule has 0 bridgehead atoms. The van der Waals surface area contributed by atoms with Crippen LogP contribution in [0.4, 0.5) is 0 Å². The van der Waals surface area contributed by atoms with Crippen molar-refractivity contribution in [2.75, 3.05) is 13.2 Å². The van der Waals surface area contributed by atoms with E-state index in [0.29, 0.717) is 0 Å². The van der Waals surface area contributed by atoms with Crippen LogP contribution < -0.4 is 5.48 Å². The third-order valence-corrected chi connectivity index (χ3v) is 3.26. The van der Waals surface area contributed by atoms with Crippen LogP contribution in [0.1, 0.15) is 78.6 Å². The second-order valence-electron chi connectivity index (χ2n) is 5.04. The highest BCUT2D eigenvalue weighted by Gasteiger charge is 2.07. The first-order valence-corrected chi connectivity index (χ1v) is 7.69. The third-order valence-electron chi connectivity index (χ3n) is 3.26. The number of hydrogen-bond donors (Lipinski definition) is 1. The van der Waals surface area contributed by atoms with E-state index in [0.717, 1.165) is 25.5 Å². The van der Waals surface area contributed by atoms with Crippen LogP contribution in [0.15, 0.2) is 0 Å². The largest absolute Gasteiger partial charge is 0.302 e. The van der Waals surface area contributed by atoms with Gasteiger partial charge in [-0.25, -0.2) is 5.48 Å². The molecule has 1 N–H and O–H groups in total. The van der Waals surface area contributed by atoms with E-state index in [1.165, 1.54) is 51.4 Å². The van der Waals surface area contributed by atoms with Crippen molar-refractivity contribution in [2.45, 2.75) is 78.6 Å². The van der Waals surface area contributed by atoms with Gasteiger partial charge in [0.1, 0.15) is 0 Å². The van der Waals surface area contributed by atoms with E-state index in [2.05, 4.69) is 26.3 Å². The SMILES string of the molecule is CCCCCC(CCCC)CCONCCC. The minimum absolute atomic E-state index is 0.876. The number of nitrogens with one attached hydrogen (secondary N) is 1. The molecule has 0 aromatic rings. The highest BCUT2D eigenvalue weighted by Crippen LogP contribution is 2.20. The maximum absolute atomic E-state index is 5.44. The van der Waals surface area contributed by atoms with E-state index in [9.17, 15) is 0 Å². The predicted octanol–water partition coefficient (Wildman–Crippen LogP) is 4.69. The lowest BCUT2D eigenvalue weighted by Crippen LogP contribution is -2.17. The molecule has 104 valence electrons. The van der Waals surface area contributed by atoms with Crippen LogP contribution in [0.3, 0.4) is 0 Å². The summed E-state index contributed by atoms with van der Waals surface area (Å²) < 4.78 is 0. The molecule has 0 spiro atoms. The van der Waals surface area contributed by atoms with E-state index >= 15 is 0 Å². The smallest absolute Gasteiger partial charge is 0.0684 e. The summed E-state index contributed by atoms with van der Waals surface area (Å²) in [6.07, 6.45) is 11.9. The van der Waals surface area contributed by atoms with Gasteiger partial charge < -0.3 is 4.84 Å². The van der Waals surface area contributed by atoms with Crippen molar-refractivity contribution >= 4 is 0 Å². The minimum Gasteiger partial charge on any atom is -0.302 e. The molecule has 0 rings (SSSR count). The Kier molecular flexibility index (Phi) is 13.9. The first kappa shape index (κ1) is 16.9. The van der Waals surface area contributed by atoms with Gasteiger partial charge in [-0.1, -0.05) is 65.7 Å². The van der Waals surface area contributed by atoms with Gasteiger partial charge >= 0.3 is 0 Å². The molecule has 0 amide bonds. The molecule has 0 aromatic heterocycles. The summed E-state index contributed by atoms with van der Waals surface area (Å²) in [5.41, 5.74) is 3.01. The van der Waals surface area contributed by atoms with Crippen LogP contribution in [0, 0.1) is 5.92 Å². The van der Waals surface area contributed by atoms with Crippen molar-refractivity contribution in [3.05, 3.63) is 0 Å². The van der Waals surface area contributed by atoms with Crippen LogP contribution in [-0.4, -0.2) is 13.2 Å². The Labute approximate surface area is 108 Å². The molecular weight excluding hydrogens is 210 g/mol. The fourth-order valence-corrected chi connectivity index (χ4v) is 2.08. The highest BCUT2D eigenvalue weighted by molar-refractivity contribution is 4.59. The standard InChI is InChI=1S/C15H33NO/c1-4-7-9-11-15(10-8-5-2)12-14-17-16-13-6-3/h15-16H,4-14H2,1-3H3. The normalized spacial score (nSPS) is 12.9. The van der Waals surface area contributed by atoms with Crippen molar-refractivity contribution in [2.24, 2.45) is 5.92 Å². The lowest BCUT2D eigenvalue weighted by molar-refractivity contribution is 0.0312. The zero-order chi connectivity index (χ0) is 12.8. The van der Waals surface area contributed by atoms with Gasteiger partial charge in [0, 0.05) is 6.54 Å². The monoisotopic (exact) mass is 243 g/mol. The molecule has 0 saturated heterocycles. The molecule has 0 aliphatic carbocycles. The summed E-state index contributed by atoms with van der Waals surface area (Å²) in [5.74, 6) is 0.880. The molecular formula is C15H33NO. The number of hydroxylamine groups is 1. The maximum Gasteiger partial charge on any atom is 0.0684 e. The van der Waals surface area contributed by atoms with Gasteiger partial charge in [0.15, 0.2) is 0 Å². The summed E-state index contributed by atoms with van der Waals surface area (Å²) in [6.45, 7) is 8.56. The fourth-order valence-electron chi connectivity index (χ4n) is 2.08. The van der Waals surface area contributed by atoms with E-state index in [1.54, 1.807) is 0 Å². The molecule has 0 aliphatic rings. The molecule has 0 aromatic carbocycles. The summed E-state index contributed by atoms with van der Waals surface area (Å²) in [6, 6.07) is 0. The van der Waals surface area contributed by atoms with E-state index in [4.69, 9.17) is 4.84 Å². The number of unbranched alkanes of at least 4 members (excludes halogenated alkanes) is 3. The molecule has 0 radical (unpaired) electrons. The third kappa shape index (κ3) is 12.2. The van der Waals surface area contributed by atoms with Crippen LogP contribution in [0.25, 0.3) is 0 Å². The van der Waals surface area contributed by atoms with Crippen molar-refractivity contribution in [3.8, 4) is 0 Å². The second-order valence-corrected chi connectivity index (χ2v) is 5.04. The summed E-state index contributed by atoms with van der Waals surface area (Å²) in [5, 5.41) is 0. The Morgan fingerprint density at radius 1 is 0.824 bits per heavy atom. The zero-order valence-corrected chi connectivity index (χ0v) is 12.3. The van der Waals surface area contributed by atoms with Crippen LogP contribution >= 0.6 is 0 Å². The highest BCUT2D eigenvalue weighted by atomic mass is 16.6. The Hall–Kier alpha value is -0.0800. The van der Waals surface area contributed by atoms with Crippen molar-refractivity contribution in [1.29, 1.82) is 0 Å². The van der Waals surface area contributed by atoms with Gasteiger partial charge in [-0.05, 0) is 18.8 Å².